The molecule has 0 aromatic carbocycles. The van der Waals surface area contributed by atoms with Crippen molar-refractivity contribution in [3.05, 3.63) is 24.2 Å². The van der Waals surface area contributed by atoms with E-state index in [1.165, 1.54) is 6.26 Å². The number of amides is 2. The zero-order chi connectivity index (χ0) is 15.2. The molecule has 1 atom stereocenters. The summed E-state index contributed by atoms with van der Waals surface area (Å²) in [7, 11) is 0. The lowest BCUT2D eigenvalue weighted by Gasteiger charge is -2.27. The Morgan fingerprint density at radius 2 is 2.05 bits per heavy atom. The molecule has 0 aliphatic rings. The third-order valence-electron chi connectivity index (χ3n) is 3.51. The van der Waals surface area contributed by atoms with Gasteiger partial charge in [-0.3, -0.25) is 9.59 Å². The third-order valence-corrected chi connectivity index (χ3v) is 3.51. The van der Waals surface area contributed by atoms with E-state index in [-0.39, 0.29) is 11.7 Å². The lowest BCUT2D eigenvalue weighted by molar-refractivity contribution is -0.122. The Morgan fingerprint density at radius 1 is 1.40 bits per heavy atom. The monoisotopic (exact) mass is 281 g/mol. The van der Waals surface area contributed by atoms with E-state index in [1.807, 2.05) is 13.8 Å². The van der Waals surface area contributed by atoms with Gasteiger partial charge in [0.15, 0.2) is 5.76 Å². The average Bonchev–Trinajstić information content (AvgIpc) is 2.98. The zero-order valence-electron chi connectivity index (χ0n) is 12.2. The number of rotatable bonds is 7. The van der Waals surface area contributed by atoms with Gasteiger partial charge in [-0.1, -0.05) is 13.8 Å². The molecule has 0 aliphatic heterocycles. The minimum atomic E-state index is -0.648. The normalized spacial score (nSPS) is 12.8. The molecule has 1 heterocycles. The first-order chi connectivity index (χ1) is 9.41. The van der Waals surface area contributed by atoms with Crippen LogP contribution in [0.25, 0.3) is 0 Å². The number of nitrogens with two attached hydrogens (primary N) is 1. The van der Waals surface area contributed by atoms with E-state index in [0.717, 1.165) is 12.8 Å². The fourth-order valence-corrected chi connectivity index (χ4v) is 1.66. The SMILES string of the molecule is CCC(N)(CC)CNC(=O)C(C)NC(=O)c1ccco1. The van der Waals surface area contributed by atoms with Crippen molar-refractivity contribution >= 4 is 11.8 Å². The molecule has 0 radical (unpaired) electrons. The van der Waals surface area contributed by atoms with Gasteiger partial charge < -0.3 is 20.8 Å². The molecular weight excluding hydrogens is 258 g/mol. The first kappa shape index (κ1) is 16.2. The molecule has 0 spiro atoms. The molecule has 6 heteroatoms. The number of furan rings is 1. The highest BCUT2D eigenvalue weighted by molar-refractivity contribution is 5.95. The number of hydrogen-bond donors (Lipinski definition) is 3. The summed E-state index contributed by atoms with van der Waals surface area (Å²) < 4.78 is 4.96. The quantitative estimate of drug-likeness (QED) is 0.695. The van der Waals surface area contributed by atoms with Gasteiger partial charge in [0.2, 0.25) is 5.91 Å². The Hall–Kier alpha value is -1.82. The molecule has 1 rings (SSSR count). The van der Waals surface area contributed by atoms with Crippen LogP contribution in [0.15, 0.2) is 22.8 Å². The lowest BCUT2D eigenvalue weighted by Crippen LogP contribution is -2.53. The van der Waals surface area contributed by atoms with Crippen LogP contribution in [0.4, 0.5) is 0 Å². The van der Waals surface area contributed by atoms with E-state index in [4.69, 9.17) is 10.2 Å². The van der Waals surface area contributed by atoms with Crippen LogP contribution >= 0.6 is 0 Å². The molecule has 0 fully saturated rings. The third kappa shape index (κ3) is 4.38. The van der Waals surface area contributed by atoms with E-state index in [0.29, 0.717) is 6.54 Å². The molecule has 6 nitrogen and oxygen atoms in total. The van der Waals surface area contributed by atoms with Crippen molar-refractivity contribution in [2.75, 3.05) is 6.54 Å². The predicted octanol–water partition coefficient (Wildman–Crippen LogP) is 1.03. The number of carbonyl (C=O) groups is 2. The van der Waals surface area contributed by atoms with Crippen molar-refractivity contribution in [1.29, 1.82) is 0 Å². The fourth-order valence-electron chi connectivity index (χ4n) is 1.66. The first-order valence-corrected chi connectivity index (χ1v) is 6.83. The summed E-state index contributed by atoms with van der Waals surface area (Å²) in [4.78, 5) is 23.6. The van der Waals surface area contributed by atoms with Gasteiger partial charge in [0.1, 0.15) is 6.04 Å². The Balaban J connectivity index is 2.45. The van der Waals surface area contributed by atoms with Gasteiger partial charge in [-0.25, -0.2) is 0 Å². The second-order valence-electron chi connectivity index (χ2n) is 4.96. The largest absolute Gasteiger partial charge is 0.459 e. The molecule has 20 heavy (non-hydrogen) atoms. The van der Waals surface area contributed by atoms with Crippen molar-refractivity contribution in [2.45, 2.75) is 45.2 Å². The van der Waals surface area contributed by atoms with Gasteiger partial charge >= 0.3 is 0 Å². The lowest BCUT2D eigenvalue weighted by atomic mass is 9.94. The van der Waals surface area contributed by atoms with Crippen LogP contribution in [0.1, 0.15) is 44.2 Å². The van der Waals surface area contributed by atoms with Crippen molar-refractivity contribution < 1.29 is 14.0 Å². The molecule has 1 aromatic rings. The second-order valence-corrected chi connectivity index (χ2v) is 4.96. The minimum absolute atomic E-state index is 0.180. The van der Waals surface area contributed by atoms with E-state index in [9.17, 15) is 9.59 Å². The minimum Gasteiger partial charge on any atom is -0.459 e. The van der Waals surface area contributed by atoms with Crippen molar-refractivity contribution in [3.63, 3.8) is 0 Å². The van der Waals surface area contributed by atoms with Gasteiger partial charge in [0, 0.05) is 12.1 Å². The average molecular weight is 281 g/mol. The molecule has 4 N–H and O–H groups in total. The Labute approximate surface area is 119 Å². The van der Waals surface area contributed by atoms with Gasteiger partial charge in [-0.2, -0.15) is 0 Å². The maximum atomic E-state index is 11.9. The Kier molecular flexibility index (Phi) is 5.76. The van der Waals surface area contributed by atoms with E-state index < -0.39 is 17.5 Å². The summed E-state index contributed by atoms with van der Waals surface area (Å²) in [5.41, 5.74) is 5.70. The summed E-state index contributed by atoms with van der Waals surface area (Å²) in [6.07, 6.45) is 2.96. The van der Waals surface area contributed by atoms with Crippen LogP contribution < -0.4 is 16.4 Å². The topological polar surface area (TPSA) is 97.4 Å². The highest BCUT2D eigenvalue weighted by atomic mass is 16.3. The number of nitrogens with one attached hydrogen (secondary N) is 2. The first-order valence-electron chi connectivity index (χ1n) is 6.83. The number of carbonyl (C=O) groups excluding carboxylic acids is 2. The molecular formula is C14H23N3O3. The van der Waals surface area contributed by atoms with Crippen LogP contribution in [-0.4, -0.2) is 29.9 Å². The number of hydrogen-bond acceptors (Lipinski definition) is 4. The molecule has 1 unspecified atom stereocenters. The maximum absolute atomic E-state index is 11.9. The van der Waals surface area contributed by atoms with Crippen molar-refractivity contribution in [2.24, 2.45) is 5.73 Å². The molecule has 0 saturated carbocycles. The Bertz CT molecular complexity index is 439. The van der Waals surface area contributed by atoms with E-state index in [1.54, 1.807) is 19.1 Å². The molecule has 2 amide bonds. The molecule has 0 aliphatic carbocycles. The van der Waals surface area contributed by atoms with Crippen LogP contribution in [0, 0.1) is 0 Å². The standard InChI is InChI=1S/C14H23N3O3/c1-4-14(15,5-2)9-16-12(18)10(3)17-13(19)11-7-6-8-20-11/h6-8,10H,4-5,9,15H2,1-3H3,(H,16,18)(H,17,19). The summed E-state index contributed by atoms with van der Waals surface area (Å²) in [6.45, 7) is 5.97. The van der Waals surface area contributed by atoms with Crippen LogP contribution in [-0.2, 0) is 4.79 Å². The van der Waals surface area contributed by atoms with Gasteiger partial charge in [0.05, 0.1) is 6.26 Å². The Morgan fingerprint density at radius 3 is 2.55 bits per heavy atom. The van der Waals surface area contributed by atoms with Crippen LogP contribution in [0.3, 0.4) is 0 Å². The van der Waals surface area contributed by atoms with Gasteiger partial charge in [-0.15, -0.1) is 0 Å². The zero-order valence-corrected chi connectivity index (χ0v) is 12.2. The van der Waals surface area contributed by atoms with E-state index >= 15 is 0 Å². The van der Waals surface area contributed by atoms with E-state index in [2.05, 4.69) is 10.6 Å². The van der Waals surface area contributed by atoms with Gasteiger partial charge in [-0.05, 0) is 31.9 Å². The van der Waals surface area contributed by atoms with Crippen LogP contribution in [0.2, 0.25) is 0 Å². The summed E-state index contributed by atoms with van der Waals surface area (Å²) in [5, 5.41) is 5.34. The van der Waals surface area contributed by atoms with Crippen molar-refractivity contribution in [1.82, 2.24) is 10.6 Å². The second kappa shape index (κ2) is 7.09. The highest BCUT2D eigenvalue weighted by Crippen LogP contribution is 2.09. The van der Waals surface area contributed by atoms with Gasteiger partial charge in [0.25, 0.3) is 5.91 Å². The van der Waals surface area contributed by atoms with Crippen molar-refractivity contribution in [3.8, 4) is 0 Å². The highest BCUT2D eigenvalue weighted by Gasteiger charge is 2.23. The predicted molar refractivity (Wildman–Crippen MR) is 76.1 cm³/mol. The molecule has 1 aromatic heterocycles. The smallest absolute Gasteiger partial charge is 0.287 e. The molecule has 0 saturated heterocycles. The maximum Gasteiger partial charge on any atom is 0.287 e. The fraction of sp³-hybridized carbons (Fsp3) is 0.571. The summed E-state index contributed by atoms with van der Waals surface area (Å²) in [5.74, 6) is -0.496. The summed E-state index contributed by atoms with van der Waals surface area (Å²) >= 11 is 0. The molecule has 0 bridgehead atoms. The summed E-state index contributed by atoms with van der Waals surface area (Å²) in [6, 6.07) is 2.51. The van der Waals surface area contributed by atoms with Crippen LogP contribution in [0.5, 0.6) is 0 Å². The molecule has 112 valence electrons.